The van der Waals surface area contributed by atoms with Gasteiger partial charge in [-0.1, -0.05) is 18.2 Å². The molecule has 0 radical (unpaired) electrons. The van der Waals surface area contributed by atoms with Gasteiger partial charge in [-0.2, -0.15) is 0 Å². The van der Waals surface area contributed by atoms with Crippen molar-refractivity contribution in [1.29, 1.82) is 0 Å². The Morgan fingerprint density at radius 3 is 2.73 bits per heavy atom. The Labute approximate surface area is 153 Å². The summed E-state index contributed by atoms with van der Waals surface area (Å²) in [5.41, 5.74) is 0.406. The molecular formula is C18H15N3O4S. The molecule has 0 fully saturated rings. The van der Waals surface area contributed by atoms with Gasteiger partial charge in [0.1, 0.15) is 11.3 Å². The van der Waals surface area contributed by atoms with Gasteiger partial charge >= 0.3 is 5.97 Å². The zero-order chi connectivity index (χ0) is 18.4. The molecule has 0 bridgehead atoms. The van der Waals surface area contributed by atoms with Crippen LogP contribution in [0.25, 0.3) is 0 Å². The molecule has 0 saturated heterocycles. The molecule has 1 amide bonds. The third-order valence-corrected chi connectivity index (χ3v) is 3.94. The van der Waals surface area contributed by atoms with E-state index < -0.39 is 11.9 Å². The molecular weight excluding hydrogens is 354 g/mol. The smallest absolute Gasteiger partial charge is 0.357 e. The molecule has 0 spiro atoms. The summed E-state index contributed by atoms with van der Waals surface area (Å²) in [5.74, 6) is -0.218. The number of thiazole rings is 1. The van der Waals surface area contributed by atoms with Crippen LogP contribution in [-0.2, 0) is 4.74 Å². The zero-order valence-electron chi connectivity index (χ0n) is 13.8. The number of nitrogens with one attached hydrogen (secondary N) is 1. The molecule has 7 nitrogen and oxygen atoms in total. The summed E-state index contributed by atoms with van der Waals surface area (Å²) in [5, 5.41) is 4.45. The third-order valence-electron chi connectivity index (χ3n) is 3.18. The van der Waals surface area contributed by atoms with E-state index in [0.29, 0.717) is 5.75 Å². The van der Waals surface area contributed by atoms with Crippen LogP contribution in [0.1, 0.15) is 27.8 Å². The molecule has 3 aromatic rings. The van der Waals surface area contributed by atoms with Crippen molar-refractivity contribution in [3.05, 3.63) is 65.3 Å². The van der Waals surface area contributed by atoms with Crippen LogP contribution in [-0.4, -0.2) is 28.5 Å². The molecule has 2 heterocycles. The second-order valence-corrected chi connectivity index (χ2v) is 5.84. The van der Waals surface area contributed by atoms with Crippen molar-refractivity contribution in [2.45, 2.75) is 6.92 Å². The Morgan fingerprint density at radius 2 is 1.96 bits per heavy atom. The van der Waals surface area contributed by atoms with Crippen molar-refractivity contribution in [2.75, 3.05) is 11.9 Å². The van der Waals surface area contributed by atoms with Crippen LogP contribution in [0.2, 0.25) is 0 Å². The number of para-hydroxylation sites is 1. The number of anilines is 1. The number of esters is 1. The highest BCUT2D eigenvalue weighted by molar-refractivity contribution is 7.14. The Kier molecular flexibility index (Phi) is 5.55. The van der Waals surface area contributed by atoms with Crippen molar-refractivity contribution in [2.24, 2.45) is 0 Å². The summed E-state index contributed by atoms with van der Waals surface area (Å²) >= 11 is 1.13. The van der Waals surface area contributed by atoms with E-state index in [1.54, 1.807) is 31.2 Å². The van der Waals surface area contributed by atoms with E-state index >= 15 is 0 Å². The summed E-state index contributed by atoms with van der Waals surface area (Å²) in [6.07, 6.45) is 1.54. The highest BCUT2D eigenvalue weighted by Crippen LogP contribution is 2.24. The second-order valence-electron chi connectivity index (χ2n) is 4.98. The first-order chi connectivity index (χ1) is 12.7. The van der Waals surface area contributed by atoms with Crippen LogP contribution in [0.5, 0.6) is 11.6 Å². The molecule has 0 saturated carbocycles. The summed E-state index contributed by atoms with van der Waals surface area (Å²) < 4.78 is 10.6. The number of carbonyl (C=O) groups excluding carboxylic acids is 2. The number of rotatable bonds is 6. The minimum absolute atomic E-state index is 0.152. The molecule has 8 heteroatoms. The van der Waals surface area contributed by atoms with Crippen molar-refractivity contribution >= 4 is 28.3 Å². The Balaban J connectivity index is 1.75. The number of aromatic nitrogens is 2. The van der Waals surface area contributed by atoms with Gasteiger partial charge in [-0.15, -0.1) is 11.3 Å². The third kappa shape index (κ3) is 4.22. The molecule has 0 aliphatic rings. The number of hydrogen-bond donors (Lipinski definition) is 1. The first-order valence-corrected chi connectivity index (χ1v) is 8.67. The summed E-state index contributed by atoms with van der Waals surface area (Å²) in [7, 11) is 0. The molecule has 0 aliphatic carbocycles. The van der Waals surface area contributed by atoms with Crippen LogP contribution in [0.15, 0.2) is 54.0 Å². The minimum Gasteiger partial charge on any atom is -0.461 e. The summed E-state index contributed by atoms with van der Waals surface area (Å²) in [4.78, 5) is 32.4. The fraction of sp³-hybridized carbons (Fsp3) is 0.111. The van der Waals surface area contributed by atoms with Crippen molar-refractivity contribution < 1.29 is 19.1 Å². The van der Waals surface area contributed by atoms with E-state index in [1.807, 2.05) is 18.2 Å². The van der Waals surface area contributed by atoms with Gasteiger partial charge in [0, 0.05) is 11.6 Å². The Hall–Kier alpha value is -3.26. The standard InChI is InChI=1S/C18H15N3O4S/c1-2-24-17(23)14-11-26-18(20-14)21-15(22)13-9-6-10-19-16(13)25-12-7-4-3-5-8-12/h3-11H,2H2,1H3,(H,20,21,22). The zero-order valence-corrected chi connectivity index (χ0v) is 14.7. The highest BCUT2D eigenvalue weighted by Gasteiger charge is 2.17. The molecule has 26 heavy (non-hydrogen) atoms. The van der Waals surface area contributed by atoms with E-state index in [2.05, 4.69) is 15.3 Å². The van der Waals surface area contributed by atoms with E-state index in [4.69, 9.17) is 9.47 Å². The number of nitrogens with zero attached hydrogens (tertiary/aromatic N) is 2. The van der Waals surface area contributed by atoms with Crippen LogP contribution in [0.3, 0.4) is 0 Å². The molecule has 1 aromatic carbocycles. The summed E-state index contributed by atoms with van der Waals surface area (Å²) in [6.45, 7) is 1.97. The largest absolute Gasteiger partial charge is 0.461 e. The van der Waals surface area contributed by atoms with Crippen LogP contribution < -0.4 is 10.1 Å². The lowest BCUT2D eigenvalue weighted by Gasteiger charge is -2.09. The van der Waals surface area contributed by atoms with Gasteiger partial charge in [0.15, 0.2) is 10.8 Å². The SMILES string of the molecule is CCOC(=O)c1csc(NC(=O)c2cccnc2Oc2ccccc2)n1. The van der Waals surface area contributed by atoms with Gasteiger partial charge in [0.25, 0.3) is 5.91 Å². The maximum Gasteiger partial charge on any atom is 0.357 e. The Morgan fingerprint density at radius 1 is 1.15 bits per heavy atom. The van der Waals surface area contributed by atoms with Gasteiger partial charge in [-0.25, -0.2) is 14.8 Å². The fourth-order valence-electron chi connectivity index (χ4n) is 2.04. The van der Waals surface area contributed by atoms with Gasteiger partial charge in [0.05, 0.1) is 6.61 Å². The lowest BCUT2D eigenvalue weighted by Crippen LogP contribution is -2.14. The first kappa shape index (κ1) is 17.6. The van der Waals surface area contributed by atoms with E-state index in [1.165, 1.54) is 11.6 Å². The molecule has 0 aliphatic heterocycles. The van der Waals surface area contributed by atoms with Crippen LogP contribution in [0, 0.1) is 0 Å². The quantitative estimate of drug-likeness (QED) is 0.665. The average molecular weight is 369 g/mol. The number of amides is 1. The van der Waals surface area contributed by atoms with E-state index in [0.717, 1.165) is 11.3 Å². The molecule has 132 valence electrons. The van der Waals surface area contributed by atoms with Gasteiger partial charge in [-0.05, 0) is 31.2 Å². The fourth-order valence-corrected chi connectivity index (χ4v) is 2.71. The topological polar surface area (TPSA) is 90.4 Å². The molecule has 3 rings (SSSR count). The van der Waals surface area contributed by atoms with Crippen LogP contribution in [0.4, 0.5) is 5.13 Å². The van der Waals surface area contributed by atoms with Crippen molar-refractivity contribution in [3.63, 3.8) is 0 Å². The van der Waals surface area contributed by atoms with Gasteiger partial charge in [-0.3, -0.25) is 10.1 Å². The highest BCUT2D eigenvalue weighted by atomic mass is 32.1. The van der Waals surface area contributed by atoms with Crippen molar-refractivity contribution in [1.82, 2.24) is 9.97 Å². The number of benzene rings is 1. The minimum atomic E-state index is -0.529. The molecule has 1 N–H and O–H groups in total. The van der Waals surface area contributed by atoms with Crippen molar-refractivity contribution in [3.8, 4) is 11.6 Å². The number of hydrogen-bond acceptors (Lipinski definition) is 7. The number of carbonyl (C=O) groups is 2. The van der Waals surface area contributed by atoms with E-state index in [-0.39, 0.29) is 28.9 Å². The first-order valence-electron chi connectivity index (χ1n) is 7.79. The number of pyridine rings is 1. The monoisotopic (exact) mass is 369 g/mol. The van der Waals surface area contributed by atoms with E-state index in [9.17, 15) is 9.59 Å². The lowest BCUT2D eigenvalue weighted by molar-refractivity contribution is 0.0520. The predicted molar refractivity (Wildman–Crippen MR) is 96.8 cm³/mol. The lowest BCUT2D eigenvalue weighted by atomic mass is 10.2. The normalized spacial score (nSPS) is 10.2. The maximum atomic E-state index is 12.5. The Bertz CT molecular complexity index is 912. The number of ether oxygens (including phenoxy) is 2. The predicted octanol–water partition coefficient (Wildman–Crippen LogP) is 3.76. The molecule has 0 unspecified atom stereocenters. The van der Waals surface area contributed by atoms with Gasteiger partial charge in [0.2, 0.25) is 5.88 Å². The second kappa shape index (κ2) is 8.21. The van der Waals surface area contributed by atoms with Gasteiger partial charge < -0.3 is 9.47 Å². The molecule has 2 aromatic heterocycles. The average Bonchev–Trinajstić information content (AvgIpc) is 3.12. The molecule has 0 atom stereocenters. The van der Waals surface area contributed by atoms with Crippen LogP contribution >= 0.6 is 11.3 Å². The maximum absolute atomic E-state index is 12.5. The summed E-state index contributed by atoms with van der Waals surface area (Å²) in [6, 6.07) is 12.3.